The van der Waals surface area contributed by atoms with Gasteiger partial charge in [-0.1, -0.05) is 0 Å². The fraction of sp³-hybridized carbons (Fsp3) is 0.632. The molecule has 0 unspecified atom stereocenters. The second-order valence-electron chi connectivity index (χ2n) is 6.84. The number of ether oxygens (including phenoxy) is 3. The van der Waals surface area contributed by atoms with E-state index >= 15 is 0 Å². The summed E-state index contributed by atoms with van der Waals surface area (Å²) >= 11 is 0. The quantitative estimate of drug-likeness (QED) is 0.870. The number of nitrogens with zero attached hydrogens (tertiary/aromatic N) is 2. The average Bonchev–Trinajstić information content (AvgIpc) is 2.69. The molecule has 0 atom stereocenters. The van der Waals surface area contributed by atoms with E-state index in [0.29, 0.717) is 23.1 Å². The molecule has 7 nitrogen and oxygen atoms in total. The molecule has 0 radical (unpaired) electrons. The van der Waals surface area contributed by atoms with Gasteiger partial charge < -0.3 is 24.4 Å². The molecule has 0 bridgehead atoms. The molecule has 1 aromatic rings. The maximum absolute atomic E-state index is 12.5. The zero-order chi connectivity index (χ0) is 18.4. The van der Waals surface area contributed by atoms with Crippen molar-refractivity contribution >= 4 is 11.7 Å². The Hall–Kier alpha value is -1.99. The Balaban J connectivity index is 1.47. The highest BCUT2D eigenvalue weighted by Gasteiger charge is 2.25. The molecule has 0 aromatic heterocycles. The molecule has 1 aromatic carbocycles. The predicted molar refractivity (Wildman–Crippen MR) is 100 cm³/mol. The molecule has 3 rings (SSSR count). The molecule has 2 heterocycles. The monoisotopic (exact) mass is 363 g/mol. The minimum Gasteiger partial charge on any atom is -0.493 e. The van der Waals surface area contributed by atoms with Gasteiger partial charge in [-0.05, 0) is 30.9 Å². The van der Waals surface area contributed by atoms with E-state index in [1.807, 2.05) is 11.0 Å². The molecule has 0 spiro atoms. The van der Waals surface area contributed by atoms with Gasteiger partial charge >= 0.3 is 6.03 Å². The lowest BCUT2D eigenvalue weighted by molar-refractivity contribution is 0.0260. The van der Waals surface area contributed by atoms with E-state index < -0.39 is 0 Å². The van der Waals surface area contributed by atoms with Crippen molar-refractivity contribution in [2.75, 3.05) is 65.5 Å². The van der Waals surface area contributed by atoms with Crippen molar-refractivity contribution in [3.63, 3.8) is 0 Å². The third kappa shape index (κ3) is 4.80. The number of carbonyl (C=O) groups is 1. The number of piperidine rings is 1. The second kappa shape index (κ2) is 9.09. The van der Waals surface area contributed by atoms with Crippen LogP contribution in [0, 0.1) is 5.92 Å². The maximum Gasteiger partial charge on any atom is 0.321 e. The number of hydrogen-bond acceptors (Lipinski definition) is 5. The summed E-state index contributed by atoms with van der Waals surface area (Å²) < 4.78 is 15.9. The number of methoxy groups -OCH3 is 2. The largest absolute Gasteiger partial charge is 0.493 e. The van der Waals surface area contributed by atoms with Crippen molar-refractivity contribution in [2.24, 2.45) is 5.92 Å². The molecular formula is C19H29N3O4. The predicted octanol–water partition coefficient (Wildman–Crippen LogP) is 2.28. The van der Waals surface area contributed by atoms with Crippen LogP contribution in [0.5, 0.6) is 11.5 Å². The highest BCUT2D eigenvalue weighted by Crippen LogP contribution is 2.30. The lowest BCUT2D eigenvalue weighted by Crippen LogP contribution is -2.45. The Kier molecular flexibility index (Phi) is 6.57. The highest BCUT2D eigenvalue weighted by atomic mass is 16.5. The number of morpholine rings is 1. The Morgan fingerprint density at radius 3 is 2.46 bits per heavy atom. The van der Waals surface area contributed by atoms with E-state index in [1.54, 1.807) is 26.4 Å². The first-order valence-electron chi connectivity index (χ1n) is 9.27. The van der Waals surface area contributed by atoms with Gasteiger partial charge in [0, 0.05) is 44.5 Å². The SMILES string of the molecule is COc1ccc(NC(=O)N2CCC(CN3CCOCC3)CC2)cc1OC. The van der Waals surface area contributed by atoms with Crippen molar-refractivity contribution in [3.8, 4) is 11.5 Å². The van der Waals surface area contributed by atoms with Crippen molar-refractivity contribution in [2.45, 2.75) is 12.8 Å². The topological polar surface area (TPSA) is 63.3 Å². The normalized spacial score (nSPS) is 19.2. The van der Waals surface area contributed by atoms with Crippen molar-refractivity contribution in [3.05, 3.63) is 18.2 Å². The standard InChI is InChI=1S/C19H29N3O4/c1-24-17-4-3-16(13-18(17)25-2)20-19(23)22-7-5-15(6-8-22)14-21-9-11-26-12-10-21/h3-4,13,15H,5-12,14H2,1-2H3,(H,20,23). The first-order chi connectivity index (χ1) is 12.7. The van der Waals surface area contributed by atoms with Crippen LogP contribution < -0.4 is 14.8 Å². The minimum atomic E-state index is -0.0537. The third-order valence-corrected chi connectivity index (χ3v) is 5.16. The fourth-order valence-electron chi connectivity index (χ4n) is 3.58. The summed E-state index contributed by atoms with van der Waals surface area (Å²) in [5.74, 6) is 1.92. The molecule has 2 saturated heterocycles. The molecular weight excluding hydrogens is 334 g/mol. The van der Waals surface area contributed by atoms with Crippen LogP contribution in [0.1, 0.15) is 12.8 Å². The van der Waals surface area contributed by atoms with E-state index in [4.69, 9.17) is 14.2 Å². The molecule has 0 saturated carbocycles. The summed E-state index contributed by atoms with van der Waals surface area (Å²) in [7, 11) is 3.18. The third-order valence-electron chi connectivity index (χ3n) is 5.16. The summed E-state index contributed by atoms with van der Waals surface area (Å²) in [6.07, 6.45) is 2.10. The summed E-state index contributed by atoms with van der Waals surface area (Å²) in [6.45, 7) is 6.45. The van der Waals surface area contributed by atoms with Gasteiger partial charge in [0.05, 0.1) is 27.4 Å². The van der Waals surface area contributed by atoms with Gasteiger partial charge in [0.1, 0.15) is 0 Å². The van der Waals surface area contributed by atoms with Crippen LogP contribution in [-0.2, 0) is 4.74 Å². The van der Waals surface area contributed by atoms with Gasteiger partial charge in [0.2, 0.25) is 0 Å². The highest BCUT2D eigenvalue weighted by molar-refractivity contribution is 5.89. The number of nitrogens with one attached hydrogen (secondary N) is 1. The van der Waals surface area contributed by atoms with Crippen molar-refractivity contribution in [1.82, 2.24) is 9.80 Å². The molecule has 26 heavy (non-hydrogen) atoms. The van der Waals surface area contributed by atoms with Crippen LogP contribution in [0.15, 0.2) is 18.2 Å². The van der Waals surface area contributed by atoms with Crippen LogP contribution in [-0.4, -0.2) is 76.0 Å². The minimum absolute atomic E-state index is 0.0537. The number of likely N-dealkylation sites (tertiary alicyclic amines) is 1. The van der Waals surface area contributed by atoms with E-state index in [-0.39, 0.29) is 6.03 Å². The summed E-state index contributed by atoms with van der Waals surface area (Å²) in [5.41, 5.74) is 0.711. The Morgan fingerprint density at radius 1 is 1.12 bits per heavy atom. The molecule has 7 heteroatoms. The lowest BCUT2D eigenvalue weighted by atomic mass is 9.96. The Morgan fingerprint density at radius 2 is 1.81 bits per heavy atom. The molecule has 2 aliphatic rings. The fourth-order valence-corrected chi connectivity index (χ4v) is 3.58. The number of hydrogen-bond donors (Lipinski definition) is 1. The van der Waals surface area contributed by atoms with Gasteiger partial charge in [0.15, 0.2) is 11.5 Å². The van der Waals surface area contributed by atoms with Gasteiger partial charge in [-0.15, -0.1) is 0 Å². The number of rotatable bonds is 5. The van der Waals surface area contributed by atoms with Gasteiger partial charge in [-0.2, -0.15) is 0 Å². The molecule has 2 fully saturated rings. The van der Waals surface area contributed by atoms with Crippen LogP contribution in [0.3, 0.4) is 0 Å². The van der Waals surface area contributed by atoms with Crippen molar-refractivity contribution in [1.29, 1.82) is 0 Å². The number of urea groups is 1. The summed E-state index contributed by atoms with van der Waals surface area (Å²) in [6, 6.07) is 5.34. The number of benzene rings is 1. The number of carbonyl (C=O) groups excluding carboxylic acids is 1. The van der Waals surface area contributed by atoms with Crippen molar-refractivity contribution < 1.29 is 19.0 Å². The van der Waals surface area contributed by atoms with Crippen LogP contribution >= 0.6 is 0 Å². The van der Waals surface area contributed by atoms with Gasteiger partial charge in [-0.25, -0.2) is 4.79 Å². The van der Waals surface area contributed by atoms with E-state index in [0.717, 1.165) is 58.8 Å². The van der Waals surface area contributed by atoms with E-state index in [9.17, 15) is 4.79 Å². The molecule has 1 N–H and O–H groups in total. The lowest BCUT2D eigenvalue weighted by Gasteiger charge is -2.36. The first kappa shape index (κ1) is 18.8. The zero-order valence-electron chi connectivity index (χ0n) is 15.7. The number of anilines is 1. The van der Waals surface area contributed by atoms with Gasteiger partial charge in [0.25, 0.3) is 0 Å². The van der Waals surface area contributed by atoms with Crippen LogP contribution in [0.2, 0.25) is 0 Å². The summed E-state index contributed by atoms with van der Waals surface area (Å²) in [4.78, 5) is 16.9. The smallest absolute Gasteiger partial charge is 0.321 e. The van der Waals surface area contributed by atoms with Crippen LogP contribution in [0.25, 0.3) is 0 Å². The van der Waals surface area contributed by atoms with E-state index in [2.05, 4.69) is 10.2 Å². The van der Waals surface area contributed by atoms with Gasteiger partial charge in [-0.3, -0.25) is 4.90 Å². The molecule has 2 amide bonds. The molecule has 0 aliphatic carbocycles. The Labute approximate surface area is 155 Å². The Bertz CT molecular complexity index is 596. The molecule has 2 aliphatic heterocycles. The van der Waals surface area contributed by atoms with Crippen LogP contribution in [0.4, 0.5) is 10.5 Å². The second-order valence-corrected chi connectivity index (χ2v) is 6.84. The summed E-state index contributed by atoms with van der Waals surface area (Å²) in [5, 5.41) is 2.96. The molecule has 144 valence electrons. The zero-order valence-corrected chi connectivity index (χ0v) is 15.7. The van der Waals surface area contributed by atoms with E-state index in [1.165, 1.54) is 0 Å². The first-order valence-corrected chi connectivity index (χ1v) is 9.27. The maximum atomic E-state index is 12.5. The average molecular weight is 363 g/mol. The number of amides is 2.